The summed E-state index contributed by atoms with van der Waals surface area (Å²) in [5.41, 5.74) is -0.781. The second-order valence-electron chi connectivity index (χ2n) is 5.03. The third kappa shape index (κ3) is 4.17. The minimum absolute atomic E-state index is 0.0790. The first-order chi connectivity index (χ1) is 8.28. The van der Waals surface area contributed by atoms with E-state index in [1.807, 2.05) is 13.8 Å². The van der Waals surface area contributed by atoms with Crippen LogP contribution in [-0.4, -0.2) is 23.7 Å². The van der Waals surface area contributed by atoms with Crippen LogP contribution in [0.4, 0.5) is 0 Å². The van der Waals surface area contributed by atoms with Gasteiger partial charge >= 0.3 is 11.9 Å². The number of carboxylic acid groups (broad SMARTS) is 1. The lowest BCUT2D eigenvalue weighted by Gasteiger charge is -2.32. The first-order valence-corrected chi connectivity index (χ1v) is 6.38. The fourth-order valence-electron chi connectivity index (χ4n) is 1.93. The fraction of sp³-hybridized carbons (Fsp3) is 0.714. The maximum atomic E-state index is 12.0. The lowest BCUT2D eigenvalue weighted by molar-refractivity contribution is -0.157. The minimum Gasteiger partial charge on any atom is -0.478 e. The van der Waals surface area contributed by atoms with Crippen LogP contribution < -0.4 is 0 Å². The molecule has 18 heavy (non-hydrogen) atoms. The minimum atomic E-state index is -1.05. The molecule has 1 atom stereocenters. The molecule has 0 aromatic rings. The number of ether oxygens (including phenoxy) is 1. The molecule has 0 spiro atoms. The van der Waals surface area contributed by atoms with Crippen LogP contribution in [0.25, 0.3) is 0 Å². The standard InChI is InChI=1S/C14H24O4/c1-6-8-11(10(3)12(15)16)14(4,5)13(17)18-9-7-2/h11H,3,6-9H2,1-2,4-5H3,(H,15,16). The van der Waals surface area contributed by atoms with E-state index >= 15 is 0 Å². The number of rotatable bonds is 8. The third-order valence-electron chi connectivity index (χ3n) is 3.11. The molecule has 0 rings (SSSR count). The van der Waals surface area contributed by atoms with Crippen LogP contribution in [0.5, 0.6) is 0 Å². The normalized spacial score (nSPS) is 12.9. The lowest BCUT2D eigenvalue weighted by atomic mass is 9.72. The Morgan fingerprint density at radius 2 is 1.83 bits per heavy atom. The molecule has 0 saturated carbocycles. The van der Waals surface area contributed by atoms with Crippen molar-refractivity contribution in [2.45, 2.75) is 47.0 Å². The predicted molar refractivity (Wildman–Crippen MR) is 70.2 cm³/mol. The number of carbonyl (C=O) groups excluding carboxylic acids is 1. The molecule has 0 aromatic carbocycles. The highest BCUT2D eigenvalue weighted by molar-refractivity contribution is 5.88. The van der Waals surface area contributed by atoms with Crippen molar-refractivity contribution in [3.8, 4) is 0 Å². The number of aliphatic carboxylic acids is 1. The number of esters is 1. The van der Waals surface area contributed by atoms with Crippen molar-refractivity contribution in [3.63, 3.8) is 0 Å². The first-order valence-electron chi connectivity index (χ1n) is 6.38. The largest absolute Gasteiger partial charge is 0.478 e. The Morgan fingerprint density at radius 3 is 2.22 bits per heavy atom. The molecule has 0 heterocycles. The zero-order chi connectivity index (χ0) is 14.3. The summed E-state index contributed by atoms with van der Waals surface area (Å²) in [4.78, 5) is 23.1. The summed E-state index contributed by atoms with van der Waals surface area (Å²) >= 11 is 0. The van der Waals surface area contributed by atoms with Crippen molar-refractivity contribution >= 4 is 11.9 Å². The van der Waals surface area contributed by atoms with Gasteiger partial charge in [-0.1, -0.05) is 26.8 Å². The maximum Gasteiger partial charge on any atom is 0.331 e. The molecule has 0 aliphatic carbocycles. The Labute approximate surface area is 109 Å². The summed E-state index contributed by atoms with van der Waals surface area (Å²) in [7, 11) is 0. The Balaban J connectivity index is 5.01. The monoisotopic (exact) mass is 256 g/mol. The number of carboxylic acids is 1. The van der Waals surface area contributed by atoms with Gasteiger partial charge in [0.15, 0.2) is 0 Å². The Hall–Kier alpha value is -1.32. The van der Waals surface area contributed by atoms with E-state index < -0.39 is 17.3 Å². The molecule has 0 fully saturated rings. The van der Waals surface area contributed by atoms with Gasteiger partial charge in [0.05, 0.1) is 12.0 Å². The zero-order valence-corrected chi connectivity index (χ0v) is 11.8. The van der Waals surface area contributed by atoms with Crippen LogP contribution in [0.15, 0.2) is 12.2 Å². The molecule has 4 heteroatoms. The molecule has 104 valence electrons. The molecule has 0 saturated heterocycles. The van der Waals surface area contributed by atoms with E-state index in [9.17, 15) is 9.59 Å². The van der Waals surface area contributed by atoms with Gasteiger partial charge in [0.25, 0.3) is 0 Å². The van der Waals surface area contributed by atoms with Crippen LogP contribution >= 0.6 is 0 Å². The van der Waals surface area contributed by atoms with Crippen molar-refractivity contribution in [1.29, 1.82) is 0 Å². The summed E-state index contributed by atoms with van der Waals surface area (Å²) in [6.07, 6.45) is 2.15. The molecular formula is C14H24O4. The molecular weight excluding hydrogens is 232 g/mol. The molecule has 0 aliphatic heterocycles. The van der Waals surface area contributed by atoms with Gasteiger partial charge in [-0.2, -0.15) is 0 Å². The topological polar surface area (TPSA) is 63.6 Å². The van der Waals surface area contributed by atoms with Gasteiger partial charge in [0, 0.05) is 11.5 Å². The highest BCUT2D eigenvalue weighted by Crippen LogP contribution is 2.36. The molecule has 1 N–H and O–H groups in total. The van der Waals surface area contributed by atoms with E-state index in [2.05, 4.69) is 6.58 Å². The molecule has 1 unspecified atom stereocenters. The number of hydrogen-bond acceptors (Lipinski definition) is 3. The average Bonchev–Trinajstić information content (AvgIpc) is 2.31. The second-order valence-corrected chi connectivity index (χ2v) is 5.03. The van der Waals surface area contributed by atoms with Crippen molar-refractivity contribution in [2.75, 3.05) is 6.61 Å². The molecule has 0 amide bonds. The summed E-state index contributed by atoms with van der Waals surface area (Å²) in [5, 5.41) is 9.05. The molecule has 0 bridgehead atoms. The van der Waals surface area contributed by atoms with Gasteiger partial charge in [-0.25, -0.2) is 4.79 Å². The van der Waals surface area contributed by atoms with Crippen LogP contribution in [0.2, 0.25) is 0 Å². The Bertz CT molecular complexity index is 318. The summed E-state index contributed by atoms with van der Waals surface area (Å²) < 4.78 is 5.14. The van der Waals surface area contributed by atoms with Gasteiger partial charge < -0.3 is 9.84 Å². The highest BCUT2D eigenvalue weighted by atomic mass is 16.5. The van der Waals surface area contributed by atoms with E-state index in [-0.39, 0.29) is 11.5 Å². The van der Waals surface area contributed by atoms with Crippen LogP contribution in [0, 0.1) is 11.3 Å². The second kappa shape index (κ2) is 7.19. The average molecular weight is 256 g/mol. The van der Waals surface area contributed by atoms with E-state index in [0.29, 0.717) is 13.0 Å². The van der Waals surface area contributed by atoms with E-state index in [0.717, 1.165) is 12.8 Å². The fourth-order valence-corrected chi connectivity index (χ4v) is 1.93. The van der Waals surface area contributed by atoms with Gasteiger partial charge in [0.2, 0.25) is 0 Å². The smallest absolute Gasteiger partial charge is 0.331 e. The molecule has 0 aromatic heterocycles. The van der Waals surface area contributed by atoms with Gasteiger partial charge in [0.1, 0.15) is 0 Å². The van der Waals surface area contributed by atoms with E-state index in [4.69, 9.17) is 9.84 Å². The number of hydrogen-bond donors (Lipinski definition) is 1. The van der Waals surface area contributed by atoms with Crippen molar-refractivity contribution in [2.24, 2.45) is 11.3 Å². The van der Waals surface area contributed by atoms with Gasteiger partial charge in [-0.15, -0.1) is 0 Å². The van der Waals surface area contributed by atoms with Crippen LogP contribution in [0.3, 0.4) is 0 Å². The van der Waals surface area contributed by atoms with Crippen molar-refractivity contribution in [1.82, 2.24) is 0 Å². The van der Waals surface area contributed by atoms with Gasteiger partial charge in [-0.05, 0) is 26.7 Å². The van der Waals surface area contributed by atoms with E-state index in [1.54, 1.807) is 13.8 Å². The zero-order valence-electron chi connectivity index (χ0n) is 11.8. The number of carbonyl (C=O) groups is 2. The van der Waals surface area contributed by atoms with E-state index in [1.165, 1.54) is 0 Å². The first kappa shape index (κ1) is 16.7. The molecule has 0 aliphatic rings. The summed E-state index contributed by atoms with van der Waals surface area (Å²) in [6, 6.07) is 0. The third-order valence-corrected chi connectivity index (χ3v) is 3.11. The van der Waals surface area contributed by atoms with Crippen molar-refractivity contribution in [3.05, 3.63) is 12.2 Å². The highest BCUT2D eigenvalue weighted by Gasteiger charge is 2.40. The predicted octanol–water partition coefficient (Wildman–Crippen LogP) is 3.02. The summed E-state index contributed by atoms with van der Waals surface area (Å²) in [5.74, 6) is -1.81. The van der Waals surface area contributed by atoms with Crippen LogP contribution in [0.1, 0.15) is 47.0 Å². The Kier molecular flexibility index (Phi) is 6.66. The Morgan fingerprint density at radius 1 is 1.28 bits per heavy atom. The summed E-state index contributed by atoms with van der Waals surface area (Å²) in [6.45, 7) is 11.3. The quantitative estimate of drug-likeness (QED) is 0.535. The van der Waals surface area contributed by atoms with Gasteiger partial charge in [-0.3, -0.25) is 4.79 Å². The van der Waals surface area contributed by atoms with Crippen LogP contribution in [-0.2, 0) is 14.3 Å². The van der Waals surface area contributed by atoms with Crippen molar-refractivity contribution < 1.29 is 19.4 Å². The molecule has 0 radical (unpaired) electrons. The lowest BCUT2D eigenvalue weighted by Crippen LogP contribution is -2.37. The molecule has 4 nitrogen and oxygen atoms in total. The SMILES string of the molecule is C=C(C(=O)O)C(CCC)C(C)(C)C(=O)OCCC. The maximum absolute atomic E-state index is 12.0.